The van der Waals surface area contributed by atoms with Crippen LogP contribution in [0.1, 0.15) is 19.6 Å². The third-order valence-corrected chi connectivity index (χ3v) is 7.52. The maximum atomic E-state index is 14.9. The summed E-state index contributed by atoms with van der Waals surface area (Å²) in [6.07, 6.45) is -1.67. The average Bonchev–Trinajstić information content (AvgIpc) is 2.76. The number of hydrogen-bond donors (Lipinski definition) is 5. The summed E-state index contributed by atoms with van der Waals surface area (Å²) in [6, 6.07) is 1.08. The summed E-state index contributed by atoms with van der Waals surface area (Å²) in [4.78, 5) is 48.9. The molecule has 1 saturated heterocycles. The van der Waals surface area contributed by atoms with Gasteiger partial charge in [-0.05, 0) is 19.1 Å². The van der Waals surface area contributed by atoms with Crippen molar-refractivity contribution in [2.45, 2.75) is 31.3 Å². The Morgan fingerprint density at radius 2 is 1.93 bits per heavy atom. The van der Waals surface area contributed by atoms with E-state index in [0.717, 1.165) is 17.6 Å². The number of aromatic amines is 1. The van der Waals surface area contributed by atoms with Gasteiger partial charge in [0.2, 0.25) is 0 Å². The van der Waals surface area contributed by atoms with Crippen molar-refractivity contribution < 1.29 is 55.5 Å². The van der Waals surface area contributed by atoms with Gasteiger partial charge in [-0.1, -0.05) is 0 Å². The topological polar surface area (TPSA) is 207 Å². The number of alkyl halides is 1. The fourth-order valence-electron chi connectivity index (χ4n) is 2.46. The van der Waals surface area contributed by atoms with Crippen LogP contribution in [0.5, 0.6) is 0 Å². The minimum atomic E-state index is -5.66. The van der Waals surface area contributed by atoms with Crippen LogP contribution in [0.4, 0.5) is 4.39 Å². The summed E-state index contributed by atoms with van der Waals surface area (Å²) in [5, 5.41) is 0. The molecule has 5 N–H and O–H groups in total. The van der Waals surface area contributed by atoms with Gasteiger partial charge in [-0.25, -0.2) is 18.1 Å². The van der Waals surface area contributed by atoms with Gasteiger partial charge in [-0.2, -0.15) is 8.62 Å². The minimum Gasteiger partial charge on any atom is -0.349 e. The summed E-state index contributed by atoms with van der Waals surface area (Å²) < 4.78 is 66.3. The fraction of sp³-hybridized carbons (Fsp3) is 0.600. The lowest BCUT2D eigenvalue weighted by Gasteiger charge is -2.23. The molecule has 2 rings (SSSR count). The van der Waals surface area contributed by atoms with Crippen LogP contribution in [0, 0.1) is 4.77 Å². The second kappa shape index (κ2) is 8.50. The Bertz CT molecular complexity index is 1020. The third-order valence-electron chi connectivity index (χ3n) is 3.41. The Labute approximate surface area is 166 Å². The molecule has 14 nitrogen and oxygen atoms in total. The number of hydrogen-bond acceptors (Lipinski definition) is 9. The van der Waals surface area contributed by atoms with Gasteiger partial charge >= 0.3 is 23.5 Å². The van der Waals surface area contributed by atoms with E-state index in [-0.39, 0.29) is 11.2 Å². The highest BCUT2D eigenvalue weighted by Gasteiger charge is 2.48. The molecule has 166 valence electrons. The zero-order valence-electron chi connectivity index (χ0n) is 14.4. The largest absolute Gasteiger partial charge is 0.490 e. The van der Waals surface area contributed by atoms with Gasteiger partial charge in [-0.3, -0.25) is 18.9 Å². The van der Waals surface area contributed by atoms with Crippen molar-refractivity contribution in [1.82, 2.24) is 9.55 Å². The van der Waals surface area contributed by atoms with Gasteiger partial charge in [0.25, 0.3) is 5.56 Å². The van der Waals surface area contributed by atoms with Crippen LogP contribution in [0.3, 0.4) is 0 Å². The molecule has 0 amide bonds. The van der Waals surface area contributed by atoms with Crippen molar-refractivity contribution in [3.8, 4) is 0 Å². The fourth-order valence-corrected chi connectivity index (χ4v) is 5.77. The Kier molecular flexibility index (Phi) is 7.23. The minimum absolute atomic E-state index is 0.139. The Balaban J connectivity index is 2.05. The van der Waals surface area contributed by atoms with E-state index < -0.39 is 53.6 Å². The Hall–Kier alpha value is -0.600. The molecule has 1 aromatic rings. The zero-order valence-corrected chi connectivity index (χ0v) is 17.9. The molecule has 5 atom stereocenters. The SMILES string of the molecule is CC1(F)C[C@@H](COP(=O)(O)OP(=O)(O)OP(=O)(O)O)O[C@H]1n1ccc(=O)[nH]c1=S. The lowest BCUT2D eigenvalue weighted by Crippen LogP contribution is -2.29. The normalized spacial score (nSPS) is 29.3. The van der Waals surface area contributed by atoms with E-state index >= 15 is 0 Å². The van der Waals surface area contributed by atoms with Gasteiger partial charge in [-0.15, -0.1) is 0 Å². The van der Waals surface area contributed by atoms with Crippen molar-refractivity contribution >= 4 is 35.7 Å². The van der Waals surface area contributed by atoms with Crippen LogP contribution in [-0.2, 0) is 31.6 Å². The van der Waals surface area contributed by atoms with Crippen LogP contribution in [0.25, 0.3) is 0 Å². The molecule has 0 spiro atoms. The van der Waals surface area contributed by atoms with Crippen LogP contribution in [0.2, 0.25) is 0 Å². The summed E-state index contributed by atoms with van der Waals surface area (Å²) >= 11 is 4.93. The average molecular weight is 500 g/mol. The van der Waals surface area contributed by atoms with E-state index in [4.69, 9.17) is 31.6 Å². The monoisotopic (exact) mass is 500 g/mol. The number of H-pyrrole nitrogens is 1. The summed E-state index contributed by atoms with van der Waals surface area (Å²) in [7, 11) is -16.5. The molecule has 19 heteroatoms. The van der Waals surface area contributed by atoms with E-state index in [1.54, 1.807) is 0 Å². The summed E-state index contributed by atoms with van der Waals surface area (Å²) in [6.45, 7) is 0.339. The van der Waals surface area contributed by atoms with E-state index in [1.165, 1.54) is 6.20 Å². The van der Waals surface area contributed by atoms with Crippen molar-refractivity contribution in [2.24, 2.45) is 0 Å². The number of ether oxygens (including phenoxy) is 1. The standard InChI is InChI=1S/C10H16FN2O12P3S/c1-10(11)4-6(23-8(10)13-3-2-7(14)12-9(13)29)5-22-27(18,19)25-28(20,21)24-26(15,16)17/h2-3,6,8H,4-5H2,1H3,(H,18,19)(H,20,21)(H,12,14,29)(H2,15,16,17)/t6-,8+,10?/m0/s1. The van der Waals surface area contributed by atoms with Crippen molar-refractivity contribution in [2.75, 3.05) is 6.61 Å². The third kappa shape index (κ3) is 7.24. The molecule has 0 aliphatic carbocycles. The van der Waals surface area contributed by atoms with Crippen LogP contribution >= 0.6 is 35.7 Å². The first-order valence-corrected chi connectivity index (χ1v) is 12.4. The molecule has 1 aromatic heterocycles. The first-order chi connectivity index (χ1) is 13.0. The molecule has 0 aromatic carbocycles. The van der Waals surface area contributed by atoms with Gasteiger partial charge < -0.3 is 24.3 Å². The predicted octanol–water partition coefficient (Wildman–Crippen LogP) is 1.26. The van der Waals surface area contributed by atoms with Gasteiger partial charge in [0.05, 0.1) is 12.7 Å². The first kappa shape index (κ1) is 24.7. The smallest absolute Gasteiger partial charge is 0.349 e. The highest BCUT2D eigenvalue weighted by Crippen LogP contribution is 2.66. The first-order valence-electron chi connectivity index (χ1n) is 7.44. The highest BCUT2D eigenvalue weighted by molar-refractivity contribution is 7.71. The molecular formula is C10H16FN2O12P3S. The Morgan fingerprint density at radius 3 is 2.48 bits per heavy atom. The van der Waals surface area contributed by atoms with Crippen molar-refractivity contribution in [3.63, 3.8) is 0 Å². The van der Waals surface area contributed by atoms with Gasteiger partial charge in [0.1, 0.15) is 0 Å². The van der Waals surface area contributed by atoms with E-state index in [1.807, 2.05) is 0 Å². The van der Waals surface area contributed by atoms with E-state index in [0.29, 0.717) is 0 Å². The maximum absolute atomic E-state index is 14.9. The van der Waals surface area contributed by atoms with Gasteiger partial charge in [0, 0.05) is 18.7 Å². The number of aromatic nitrogens is 2. The number of nitrogens with zero attached hydrogens (tertiary/aromatic N) is 1. The lowest BCUT2D eigenvalue weighted by molar-refractivity contribution is -0.0594. The number of nitrogens with one attached hydrogen (secondary N) is 1. The maximum Gasteiger partial charge on any atom is 0.490 e. The second-order valence-electron chi connectivity index (χ2n) is 6.00. The molecule has 2 heterocycles. The number of phosphoric ester groups is 1. The highest BCUT2D eigenvalue weighted by atomic mass is 32.1. The van der Waals surface area contributed by atoms with E-state index in [9.17, 15) is 27.8 Å². The Morgan fingerprint density at radius 1 is 1.31 bits per heavy atom. The zero-order chi connectivity index (χ0) is 22.3. The van der Waals surface area contributed by atoms with Crippen LogP contribution in [0.15, 0.2) is 17.1 Å². The quantitative estimate of drug-likeness (QED) is 0.252. The molecule has 1 aliphatic rings. The predicted molar refractivity (Wildman–Crippen MR) is 93.7 cm³/mol. The number of halogens is 1. The molecule has 0 saturated carbocycles. The lowest BCUT2D eigenvalue weighted by atomic mass is 10.0. The molecule has 3 unspecified atom stereocenters. The number of rotatable bonds is 8. The molecule has 0 radical (unpaired) electrons. The molecule has 1 aliphatic heterocycles. The molecular weight excluding hydrogens is 484 g/mol. The summed E-state index contributed by atoms with van der Waals surface area (Å²) in [5.41, 5.74) is -2.57. The van der Waals surface area contributed by atoms with Crippen LogP contribution in [-0.4, -0.2) is 47.5 Å². The summed E-state index contributed by atoms with van der Waals surface area (Å²) in [5.74, 6) is 0. The van der Waals surface area contributed by atoms with Crippen molar-refractivity contribution in [3.05, 3.63) is 27.4 Å². The molecule has 0 bridgehead atoms. The van der Waals surface area contributed by atoms with Crippen LogP contribution < -0.4 is 5.56 Å². The van der Waals surface area contributed by atoms with Crippen molar-refractivity contribution in [1.29, 1.82) is 0 Å². The van der Waals surface area contributed by atoms with E-state index in [2.05, 4.69) is 18.1 Å². The molecule has 1 fully saturated rings. The van der Waals surface area contributed by atoms with Gasteiger partial charge in [0.15, 0.2) is 16.7 Å². The second-order valence-corrected chi connectivity index (χ2v) is 10.8. The number of phosphoric acid groups is 3. The molecule has 29 heavy (non-hydrogen) atoms.